The lowest BCUT2D eigenvalue weighted by atomic mass is 10.1. The van der Waals surface area contributed by atoms with E-state index >= 15 is 0 Å². The van der Waals surface area contributed by atoms with Crippen LogP contribution in [0.2, 0.25) is 0 Å². The summed E-state index contributed by atoms with van der Waals surface area (Å²) in [6, 6.07) is 13.0. The van der Waals surface area contributed by atoms with E-state index in [-0.39, 0.29) is 11.8 Å². The van der Waals surface area contributed by atoms with E-state index in [1.54, 1.807) is 26.0 Å². The van der Waals surface area contributed by atoms with Crippen LogP contribution in [0.1, 0.15) is 33.1 Å². The molecule has 2 amide bonds. The number of nitrogens with one attached hydrogen (secondary N) is 3. The highest BCUT2D eigenvalue weighted by atomic mass is 16.5. The summed E-state index contributed by atoms with van der Waals surface area (Å²) in [6.45, 7) is 5.69. The minimum Gasteiger partial charge on any atom is -0.479 e. The van der Waals surface area contributed by atoms with Crippen LogP contribution < -0.4 is 25.6 Å². The van der Waals surface area contributed by atoms with Crippen molar-refractivity contribution < 1.29 is 14.3 Å². The number of fused-ring (bicyclic) bond motifs is 1. The molecule has 2 aliphatic heterocycles. The molecule has 2 aliphatic rings. The van der Waals surface area contributed by atoms with Crippen LogP contribution in [0.15, 0.2) is 42.5 Å². The van der Waals surface area contributed by atoms with Gasteiger partial charge < -0.3 is 25.6 Å². The Kier molecular flexibility index (Phi) is 5.79. The average molecular weight is 409 g/mol. The van der Waals surface area contributed by atoms with Gasteiger partial charge in [-0.1, -0.05) is 0 Å². The Morgan fingerprint density at radius 3 is 2.53 bits per heavy atom. The predicted octanol–water partition coefficient (Wildman–Crippen LogP) is 3.84. The Hall–Kier alpha value is -3.22. The van der Waals surface area contributed by atoms with E-state index in [1.165, 1.54) is 24.9 Å². The molecule has 0 spiro atoms. The van der Waals surface area contributed by atoms with E-state index in [0.29, 0.717) is 11.4 Å². The first kappa shape index (κ1) is 20.1. The van der Waals surface area contributed by atoms with Crippen LogP contribution in [-0.2, 0) is 9.59 Å². The fourth-order valence-electron chi connectivity index (χ4n) is 3.77. The highest BCUT2D eigenvalue weighted by Gasteiger charge is 2.24. The van der Waals surface area contributed by atoms with Gasteiger partial charge in [0.2, 0.25) is 5.91 Å². The van der Waals surface area contributed by atoms with Crippen LogP contribution in [0.5, 0.6) is 5.75 Å². The maximum Gasteiger partial charge on any atom is 0.265 e. The fourth-order valence-corrected chi connectivity index (χ4v) is 3.77. The lowest BCUT2D eigenvalue weighted by molar-refractivity contribution is -0.122. The number of amides is 2. The summed E-state index contributed by atoms with van der Waals surface area (Å²) in [5, 5.41) is 8.94. The maximum absolute atomic E-state index is 12.6. The molecule has 158 valence electrons. The number of rotatable bonds is 5. The molecule has 1 fully saturated rings. The minimum atomic E-state index is -0.512. The Morgan fingerprint density at radius 1 is 1.10 bits per heavy atom. The molecule has 0 aliphatic carbocycles. The second kappa shape index (κ2) is 8.65. The van der Waals surface area contributed by atoms with Gasteiger partial charge in [0.15, 0.2) is 6.10 Å². The summed E-state index contributed by atoms with van der Waals surface area (Å²) in [5.74, 6) is 0.310. The number of hydrogen-bond acceptors (Lipinski definition) is 5. The number of carbonyl (C=O) groups is 2. The maximum atomic E-state index is 12.6. The van der Waals surface area contributed by atoms with Crippen LogP contribution in [0, 0.1) is 0 Å². The summed E-state index contributed by atoms with van der Waals surface area (Å²) in [7, 11) is 0. The number of carbonyl (C=O) groups excluding carboxylic acids is 2. The smallest absolute Gasteiger partial charge is 0.265 e. The van der Waals surface area contributed by atoms with E-state index < -0.39 is 12.1 Å². The molecule has 0 unspecified atom stereocenters. The highest BCUT2D eigenvalue weighted by molar-refractivity contribution is 5.99. The number of piperidine rings is 1. The molecule has 2 atom stereocenters. The van der Waals surface area contributed by atoms with Crippen LogP contribution in [0.3, 0.4) is 0 Å². The average Bonchev–Trinajstić information content (AvgIpc) is 2.76. The van der Waals surface area contributed by atoms with E-state index in [0.717, 1.165) is 24.5 Å². The van der Waals surface area contributed by atoms with Gasteiger partial charge >= 0.3 is 0 Å². The Bertz CT molecular complexity index is 923. The summed E-state index contributed by atoms with van der Waals surface area (Å²) in [4.78, 5) is 26.8. The van der Waals surface area contributed by atoms with E-state index in [4.69, 9.17) is 4.74 Å². The van der Waals surface area contributed by atoms with Gasteiger partial charge in [-0.3, -0.25) is 9.59 Å². The fraction of sp³-hybridized carbons (Fsp3) is 0.391. The molecule has 0 bridgehead atoms. The first-order chi connectivity index (χ1) is 14.5. The third kappa shape index (κ3) is 4.50. The van der Waals surface area contributed by atoms with E-state index in [2.05, 4.69) is 33.0 Å². The molecule has 7 nitrogen and oxygen atoms in total. The summed E-state index contributed by atoms with van der Waals surface area (Å²) < 4.78 is 5.56. The van der Waals surface area contributed by atoms with Crippen molar-refractivity contribution in [1.29, 1.82) is 0 Å². The van der Waals surface area contributed by atoms with Crippen LogP contribution in [0.4, 0.5) is 22.7 Å². The Balaban J connectivity index is 1.35. The molecule has 4 rings (SSSR count). The predicted molar refractivity (Wildman–Crippen MR) is 119 cm³/mol. The molecular weight excluding hydrogens is 380 g/mol. The van der Waals surface area contributed by atoms with Crippen molar-refractivity contribution in [2.45, 2.75) is 45.3 Å². The van der Waals surface area contributed by atoms with Crippen LogP contribution in [-0.4, -0.2) is 37.0 Å². The van der Waals surface area contributed by atoms with Crippen LogP contribution in [0.25, 0.3) is 0 Å². The molecule has 0 aromatic heterocycles. The van der Waals surface area contributed by atoms with Gasteiger partial charge in [-0.2, -0.15) is 0 Å². The SMILES string of the molecule is C[C@H](Nc1ccc2c(c1)NC(=O)[C@H](C)O2)C(=O)Nc1ccc(N2CCCCC2)cc1. The topological polar surface area (TPSA) is 82.7 Å². The third-order valence-electron chi connectivity index (χ3n) is 5.54. The van der Waals surface area contributed by atoms with Gasteiger partial charge in [0.1, 0.15) is 11.8 Å². The molecular formula is C23H28N4O3. The normalized spacial score (nSPS) is 19.2. The number of ether oxygens (including phenoxy) is 1. The molecule has 1 saturated heterocycles. The summed E-state index contributed by atoms with van der Waals surface area (Å²) >= 11 is 0. The largest absolute Gasteiger partial charge is 0.479 e. The second-order valence-electron chi connectivity index (χ2n) is 7.91. The van der Waals surface area contributed by atoms with Gasteiger partial charge in [-0.25, -0.2) is 0 Å². The van der Waals surface area contributed by atoms with Crippen molar-refractivity contribution in [3.8, 4) is 5.75 Å². The van der Waals surface area contributed by atoms with Crippen molar-refractivity contribution in [3.63, 3.8) is 0 Å². The number of anilines is 4. The van der Waals surface area contributed by atoms with Crippen molar-refractivity contribution in [3.05, 3.63) is 42.5 Å². The Morgan fingerprint density at radius 2 is 1.80 bits per heavy atom. The molecule has 0 radical (unpaired) electrons. The molecule has 2 heterocycles. The lowest BCUT2D eigenvalue weighted by Gasteiger charge is -2.29. The number of nitrogens with zero attached hydrogens (tertiary/aromatic N) is 1. The lowest BCUT2D eigenvalue weighted by Crippen LogP contribution is -2.34. The molecule has 2 aromatic rings. The molecule has 0 saturated carbocycles. The van der Waals surface area contributed by atoms with Gasteiger partial charge in [-0.15, -0.1) is 0 Å². The highest BCUT2D eigenvalue weighted by Crippen LogP contribution is 2.32. The van der Waals surface area contributed by atoms with Crippen molar-refractivity contribution in [2.75, 3.05) is 33.9 Å². The molecule has 7 heteroatoms. The van der Waals surface area contributed by atoms with Crippen molar-refractivity contribution in [1.82, 2.24) is 0 Å². The first-order valence-corrected chi connectivity index (χ1v) is 10.5. The van der Waals surface area contributed by atoms with E-state index in [9.17, 15) is 9.59 Å². The number of hydrogen-bond donors (Lipinski definition) is 3. The second-order valence-corrected chi connectivity index (χ2v) is 7.91. The van der Waals surface area contributed by atoms with Gasteiger partial charge in [0.05, 0.1) is 5.69 Å². The molecule has 30 heavy (non-hydrogen) atoms. The van der Waals surface area contributed by atoms with E-state index in [1.807, 2.05) is 18.2 Å². The zero-order chi connectivity index (χ0) is 21.1. The summed E-state index contributed by atoms with van der Waals surface area (Å²) in [5.41, 5.74) is 3.31. The van der Waals surface area contributed by atoms with Gasteiger partial charge in [-0.05, 0) is 75.6 Å². The van der Waals surface area contributed by atoms with Gasteiger partial charge in [0, 0.05) is 30.2 Å². The molecule has 3 N–H and O–H groups in total. The summed E-state index contributed by atoms with van der Waals surface area (Å²) in [6.07, 6.45) is 3.26. The van der Waals surface area contributed by atoms with Crippen molar-refractivity contribution >= 4 is 34.6 Å². The zero-order valence-corrected chi connectivity index (χ0v) is 17.4. The van der Waals surface area contributed by atoms with Crippen LogP contribution >= 0.6 is 0 Å². The zero-order valence-electron chi connectivity index (χ0n) is 17.4. The van der Waals surface area contributed by atoms with Gasteiger partial charge in [0.25, 0.3) is 5.91 Å². The molecule has 2 aromatic carbocycles. The minimum absolute atomic E-state index is 0.132. The quantitative estimate of drug-likeness (QED) is 0.700. The van der Waals surface area contributed by atoms with Crippen molar-refractivity contribution in [2.24, 2.45) is 0 Å². The third-order valence-corrected chi connectivity index (χ3v) is 5.54. The standard InChI is InChI=1S/C23H28N4O3/c1-15(24-18-8-11-21-20(14-18)26-23(29)16(2)30-21)22(28)25-17-6-9-19(10-7-17)27-12-4-3-5-13-27/h6-11,14-16,24H,3-5,12-13H2,1-2H3,(H,25,28)(H,26,29)/t15-,16-/m0/s1. The number of benzene rings is 2. The monoisotopic (exact) mass is 408 g/mol. The first-order valence-electron chi connectivity index (χ1n) is 10.5. The Labute approximate surface area is 176 Å².